The fourth-order valence-electron chi connectivity index (χ4n) is 2.28. The second-order valence-corrected chi connectivity index (χ2v) is 6.28. The van der Waals surface area contributed by atoms with Crippen molar-refractivity contribution < 1.29 is 4.74 Å². The summed E-state index contributed by atoms with van der Waals surface area (Å²) in [6, 6.07) is 2.40. The summed E-state index contributed by atoms with van der Waals surface area (Å²) >= 11 is 1.84. The average molecular weight is 293 g/mol. The van der Waals surface area contributed by atoms with Crippen LogP contribution >= 0.6 is 11.3 Å². The number of aromatic nitrogens is 2. The Kier molecular flexibility index (Phi) is 4.83. The molecule has 0 spiro atoms. The van der Waals surface area contributed by atoms with E-state index in [0.717, 1.165) is 24.4 Å². The van der Waals surface area contributed by atoms with E-state index in [1.807, 2.05) is 23.1 Å². The molecule has 0 bridgehead atoms. The van der Waals surface area contributed by atoms with E-state index in [1.165, 1.54) is 15.3 Å². The topological polar surface area (TPSA) is 39.1 Å². The number of aryl methyl sites for hydroxylation is 3. The first-order valence-corrected chi connectivity index (χ1v) is 7.76. The lowest BCUT2D eigenvalue weighted by Gasteiger charge is -2.19. The summed E-state index contributed by atoms with van der Waals surface area (Å²) < 4.78 is 7.37. The molecule has 1 unspecified atom stereocenters. The van der Waals surface area contributed by atoms with E-state index in [2.05, 4.69) is 37.3 Å². The molecule has 0 aliphatic carbocycles. The van der Waals surface area contributed by atoms with Crippen molar-refractivity contribution in [3.05, 3.63) is 33.3 Å². The van der Waals surface area contributed by atoms with Gasteiger partial charge in [0.2, 0.25) is 0 Å². The van der Waals surface area contributed by atoms with E-state index < -0.39 is 0 Å². The van der Waals surface area contributed by atoms with E-state index >= 15 is 0 Å². The van der Waals surface area contributed by atoms with E-state index in [0.29, 0.717) is 0 Å². The third-order valence-corrected chi connectivity index (χ3v) is 4.73. The third-order valence-electron chi connectivity index (χ3n) is 3.51. The van der Waals surface area contributed by atoms with Crippen molar-refractivity contribution in [1.29, 1.82) is 0 Å². The molecule has 2 aromatic heterocycles. The zero-order valence-electron chi connectivity index (χ0n) is 12.9. The molecule has 2 aromatic rings. The number of nitrogens with one attached hydrogen (secondary N) is 1. The SMILES string of the molecule is CCCNC(c1cc(C)c(C)s1)c1c(OC)cnn1C. The number of hydrogen-bond acceptors (Lipinski definition) is 4. The lowest BCUT2D eigenvalue weighted by Crippen LogP contribution is -2.25. The smallest absolute Gasteiger partial charge is 0.161 e. The van der Waals surface area contributed by atoms with Gasteiger partial charge in [-0.1, -0.05) is 6.92 Å². The number of nitrogens with zero attached hydrogens (tertiary/aromatic N) is 2. The summed E-state index contributed by atoms with van der Waals surface area (Å²) in [5, 5.41) is 7.94. The maximum absolute atomic E-state index is 5.47. The minimum Gasteiger partial charge on any atom is -0.493 e. The fraction of sp³-hybridized carbons (Fsp3) is 0.533. The largest absolute Gasteiger partial charge is 0.493 e. The first-order valence-electron chi connectivity index (χ1n) is 6.94. The van der Waals surface area contributed by atoms with Crippen LogP contribution in [-0.4, -0.2) is 23.4 Å². The van der Waals surface area contributed by atoms with Crippen LogP contribution in [0.25, 0.3) is 0 Å². The Morgan fingerprint density at radius 2 is 2.20 bits per heavy atom. The van der Waals surface area contributed by atoms with Gasteiger partial charge in [-0.25, -0.2) is 0 Å². The third kappa shape index (κ3) is 2.88. The molecule has 5 heteroatoms. The lowest BCUT2D eigenvalue weighted by molar-refractivity contribution is 0.401. The second kappa shape index (κ2) is 6.41. The summed E-state index contributed by atoms with van der Waals surface area (Å²) in [6.07, 6.45) is 2.88. The van der Waals surface area contributed by atoms with Crippen molar-refractivity contribution in [1.82, 2.24) is 15.1 Å². The molecular formula is C15H23N3OS. The highest BCUT2D eigenvalue weighted by Crippen LogP contribution is 2.34. The van der Waals surface area contributed by atoms with Crippen LogP contribution in [0.5, 0.6) is 5.75 Å². The van der Waals surface area contributed by atoms with Crippen LogP contribution in [0.15, 0.2) is 12.3 Å². The predicted octanol–water partition coefficient (Wildman–Crippen LogP) is 3.20. The van der Waals surface area contributed by atoms with Gasteiger partial charge in [-0.15, -0.1) is 11.3 Å². The van der Waals surface area contributed by atoms with Gasteiger partial charge >= 0.3 is 0 Å². The van der Waals surface area contributed by atoms with Crippen LogP contribution in [0.2, 0.25) is 0 Å². The average Bonchev–Trinajstić information content (AvgIpc) is 2.95. The van der Waals surface area contributed by atoms with Gasteiger partial charge in [0, 0.05) is 16.8 Å². The Balaban J connectivity index is 2.43. The summed E-state index contributed by atoms with van der Waals surface area (Å²) in [5.41, 5.74) is 2.43. The monoisotopic (exact) mass is 293 g/mol. The van der Waals surface area contributed by atoms with Crippen LogP contribution in [0.3, 0.4) is 0 Å². The molecule has 2 rings (SSSR count). The molecule has 0 amide bonds. The van der Waals surface area contributed by atoms with Crippen LogP contribution in [-0.2, 0) is 7.05 Å². The van der Waals surface area contributed by atoms with Crippen molar-refractivity contribution in [3.63, 3.8) is 0 Å². The molecule has 0 fully saturated rings. The molecule has 20 heavy (non-hydrogen) atoms. The van der Waals surface area contributed by atoms with Gasteiger partial charge < -0.3 is 10.1 Å². The van der Waals surface area contributed by atoms with Gasteiger partial charge in [0.1, 0.15) is 5.69 Å². The van der Waals surface area contributed by atoms with E-state index in [9.17, 15) is 0 Å². The van der Waals surface area contributed by atoms with Crippen LogP contribution in [0.4, 0.5) is 0 Å². The Hall–Kier alpha value is -1.33. The molecule has 0 radical (unpaired) electrons. The highest BCUT2D eigenvalue weighted by atomic mass is 32.1. The van der Waals surface area contributed by atoms with Crippen molar-refractivity contribution in [2.24, 2.45) is 7.05 Å². The van der Waals surface area contributed by atoms with Crippen molar-refractivity contribution in [2.75, 3.05) is 13.7 Å². The maximum atomic E-state index is 5.47. The predicted molar refractivity (Wildman–Crippen MR) is 83.7 cm³/mol. The van der Waals surface area contributed by atoms with Gasteiger partial charge in [-0.05, 0) is 38.4 Å². The zero-order valence-corrected chi connectivity index (χ0v) is 13.7. The van der Waals surface area contributed by atoms with E-state index in [4.69, 9.17) is 4.74 Å². The molecule has 0 saturated carbocycles. The molecule has 0 aliphatic rings. The Morgan fingerprint density at radius 3 is 2.75 bits per heavy atom. The summed E-state index contributed by atoms with van der Waals surface area (Å²) in [7, 11) is 3.66. The normalized spacial score (nSPS) is 12.7. The van der Waals surface area contributed by atoms with Crippen molar-refractivity contribution in [2.45, 2.75) is 33.2 Å². The molecule has 1 atom stereocenters. The standard InChI is InChI=1S/C15H23N3OS/c1-6-7-16-14(13-8-10(2)11(3)20-13)15-12(19-5)9-17-18(15)4/h8-9,14,16H,6-7H2,1-5H3. The second-order valence-electron chi connectivity index (χ2n) is 5.00. The molecule has 2 heterocycles. The summed E-state index contributed by atoms with van der Waals surface area (Å²) in [6.45, 7) is 7.47. The number of hydrogen-bond donors (Lipinski definition) is 1. The van der Waals surface area contributed by atoms with E-state index in [-0.39, 0.29) is 6.04 Å². The Labute approximate surface area is 124 Å². The molecule has 4 nitrogen and oxygen atoms in total. The van der Waals surface area contributed by atoms with Crippen molar-refractivity contribution >= 4 is 11.3 Å². The molecule has 110 valence electrons. The van der Waals surface area contributed by atoms with Gasteiger partial charge in [0.05, 0.1) is 19.3 Å². The Morgan fingerprint density at radius 1 is 1.45 bits per heavy atom. The van der Waals surface area contributed by atoms with Gasteiger partial charge in [-0.2, -0.15) is 5.10 Å². The number of thiophene rings is 1. The molecule has 1 N–H and O–H groups in total. The molecule has 0 aromatic carbocycles. The molecule has 0 saturated heterocycles. The lowest BCUT2D eigenvalue weighted by atomic mass is 10.1. The van der Waals surface area contributed by atoms with Gasteiger partial charge in [0.25, 0.3) is 0 Å². The number of rotatable bonds is 6. The zero-order chi connectivity index (χ0) is 14.7. The molecule has 0 aliphatic heterocycles. The minimum absolute atomic E-state index is 0.134. The van der Waals surface area contributed by atoms with Gasteiger partial charge in [-0.3, -0.25) is 4.68 Å². The van der Waals surface area contributed by atoms with Crippen LogP contribution in [0.1, 0.15) is 40.4 Å². The van der Waals surface area contributed by atoms with Gasteiger partial charge in [0.15, 0.2) is 5.75 Å². The minimum atomic E-state index is 0.134. The quantitative estimate of drug-likeness (QED) is 0.889. The maximum Gasteiger partial charge on any atom is 0.161 e. The Bertz CT molecular complexity index is 554. The van der Waals surface area contributed by atoms with Crippen molar-refractivity contribution in [3.8, 4) is 5.75 Å². The number of ether oxygens (including phenoxy) is 1. The summed E-state index contributed by atoms with van der Waals surface area (Å²) in [5.74, 6) is 0.838. The fourth-order valence-corrected chi connectivity index (χ4v) is 3.40. The van der Waals surface area contributed by atoms with Crippen LogP contribution in [0, 0.1) is 13.8 Å². The highest BCUT2D eigenvalue weighted by Gasteiger charge is 2.23. The first kappa shape index (κ1) is 15.1. The van der Waals surface area contributed by atoms with E-state index in [1.54, 1.807) is 13.3 Å². The van der Waals surface area contributed by atoms with Crippen LogP contribution < -0.4 is 10.1 Å². The number of methoxy groups -OCH3 is 1. The first-order chi connectivity index (χ1) is 9.58. The highest BCUT2D eigenvalue weighted by molar-refractivity contribution is 7.12. The summed E-state index contributed by atoms with van der Waals surface area (Å²) in [4.78, 5) is 2.68. The molecular weight excluding hydrogens is 270 g/mol.